The fourth-order valence-electron chi connectivity index (χ4n) is 4.39. The van der Waals surface area contributed by atoms with Crippen LogP contribution in [0, 0.1) is 5.92 Å². The van der Waals surface area contributed by atoms with Crippen LogP contribution in [0.15, 0.2) is 54.6 Å². The van der Waals surface area contributed by atoms with E-state index < -0.39 is 11.5 Å². The Morgan fingerprint density at radius 1 is 0.970 bits per heavy atom. The summed E-state index contributed by atoms with van der Waals surface area (Å²) in [6.07, 6.45) is 3.19. The smallest absolute Gasteiger partial charge is 0.328 e. The Morgan fingerprint density at radius 2 is 1.64 bits per heavy atom. The summed E-state index contributed by atoms with van der Waals surface area (Å²) in [6, 6.07) is 17.5. The molecule has 1 aromatic heterocycles. The van der Waals surface area contributed by atoms with Gasteiger partial charge in [-0.3, -0.25) is 9.59 Å². The molecule has 1 aliphatic rings. The molecule has 0 saturated heterocycles. The van der Waals surface area contributed by atoms with Crippen molar-refractivity contribution in [3.63, 3.8) is 0 Å². The minimum Gasteiger partial charge on any atom is -0.480 e. The van der Waals surface area contributed by atoms with Gasteiger partial charge >= 0.3 is 5.97 Å². The predicted molar refractivity (Wildman–Crippen MR) is 127 cm³/mol. The van der Waals surface area contributed by atoms with Gasteiger partial charge in [0.15, 0.2) is 0 Å². The maximum atomic E-state index is 12.6. The molecule has 7 heteroatoms. The molecule has 4 rings (SSSR count). The molecule has 2 amide bonds. The number of H-pyrrole nitrogens is 1. The number of para-hydroxylation sites is 1. The van der Waals surface area contributed by atoms with Crippen LogP contribution in [0.1, 0.15) is 61.5 Å². The van der Waals surface area contributed by atoms with Gasteiger partial charge in [-0.1, -0.05) is 30.3 Å². The maximum Gasteiger partial charge on any atom is 0.328 e. The van der Waals surface area contributed by atoms with Crippen molar-refractivity contribution in [2.75, 3.05) is 5.32 Å². The molecule has 1 aliphatic carbocycles. The van der Waals surface area contributed by atoms with Crippen molar-refractivity contribution in [1.82, 2.24) is 10.3 Å². The molecule has 0 spiro atoms. The lowest BCUT2D eigenvalue weighted by Crippen LogP contribution is -2.51. The van der Waals surface area contributed by atoms with Gasteiger partial charge < -0.3 is 20.7 Å². The number of carbonyl (C=O) groups is 3. The number of aromatic nitrogens is 1. The van der Waals surface area contributed by atoms with E-state index in [0.717, 1.165) is 42.3 Å². The van der Waals surface area contributed by atoms with E-state index in [1.54, 1.807) is 0 Å². The Kier molecular flexibility index (Phi) is 6.22. The predicted octanol–water partition coefficient (Wildman–Crippen LogP) is 4.67. The van der Waals surface area contributed by atoms with Crippen LogP contribution in [0.5, 0.6) is 0 Å². The first-order valence-electron chi connectivity index (χ1n) is 11.3. The molecule has 1 fully saturated rings. The van der Waals surface area contributed by atoms with Gasteiger partial charge in [0.1, 0.15) is 11.2 Å². The quantitative estimate of drug-likeness (QED) is 0.440. The van der Waals surface area contributed by atoms with Crippen molar-refractivity contribution < 1.29 is 19.5 Å². The van der Waals surface area contributed by atoms with Crippen molar-refractivity contribution in [1.29, 1.82) is 0 Å². The first-order chi connectivity index (χ1) is 15.7. The molecular formula is C26H29N3O4. The second kappa shape index (κ2) is 9.10. The van der Waals surface area contributed by atoms with Crippen molar-refractivity contribution in [3.05, 3.63) is 65.9 Å². The Labute approximate surface area is 192 Å². The number of fused-ring (bicyclic) bond motifs is 1. The number of aromatic amines is 1. The number of hydrogen-bond acceptors (Lipinski definition) is 3. The van der Waals surface area contributed by atoms with Crippen molar-refractivity contribution in [2.45, 2.75) is 51.0 Å². The molecule has 2 aromatic carbocycles. The number of benzene rings is 2. The summed E-state index contributed by atoms with van der Waals surface area (Å²) >= 11 is 0. The van der Waals surface area contributed by atoms with Crippen LogP contribution < -0.4 is 10.6 Å². The molecule has 3 aromatic rings. The molecule has 172 valence electrons. The van der Waals surface area contributed by atoms with Gasteiger partial charge in [0.2, 0.25) is 5.91 Å². The lowest BCUT2D eigenvalue weighted by Gasteiger charge is -2.30. The van der Waals surface area contributed by atoms with Crippen LogP contribution in [-0.2, 0) is 9.59 Å². The normalized spacial score (nSPS) is 18.6. The zero-order valence-electron chi connectivity index (χ0n) is 18.9. The number of amides is 2. The van der Waals surface area contributed by atoms with Gasteiger partial charge in [0, 0.05) is 22.5 Å². The highest BCUT2D eigenvalue weighted by Gasteiger charge is 2.33. The van der Waals surface area contributed by atoms with E-state index in [1.807, 2.05) is 54.6 Å². The number of carboxylic acids is 1. The van der Waals surface area contributed by atoms with Crippen LogP contribution in [0.4, 0.5) is 5.69 Å². The largest absolute Gasteiger partial charge is 0.480 e. The molecule has 0 atom stereocenters. The second-order valence-electron chi connectivity index (χ2n) is 9.31. The SMILES string of the molecule is CC(C)(NC(=O)[C@H]1CC[C@H](c2ccc(NC(=O)c3cc4ccccc4[nH]3)cc2)CC1)C(=O)O. The van der Waals surface area contributed by atoms with Crippen LogP contribution in [0.3, 0.4) is 0 Å². The Hall–Kier alpha value is -3.61. The van der Waals surface area contributed by atoms with Crippen LogP contribution in [0.2, 0.25) is 0 Å². The topological polar surface area (TPSA) is 111 Å². The molecular weight excluding hydrogens is 418 g/mol. The number of carboxylic acid groups (broad SMARTS) is 1. The minimum atomic E-state index is -1.26. The lowest BCUT2D eigenvalue weighted by molar-refractivity contribution is -0.146. The molecule has 0 unspecified atom stereocenters. The van der Waals surface area contributed by atoms with E-state index in [0.29, 0.717) is 11.6 Å². The van der Waals surface area contributed by atoms with E-state index in [-0.39, 0.29) is 17.7 Å². The van der Waals surface area contributed by atoms with Gasteiger partial charge in [0.05, 0.1) is 0 Å². The van der Waals surface area contributed by atoms with Gasteiger partial charge in [-0.05, 0) is 75.3 Å². The highest BCUT2D eigenvalue weighted by molar-refractivity contribution is 6.05. The third-order valence-electron chi connectivity index (χ3n) is 6.48. The Morgan fingerprint density at radius 3 is 2.27 bits per heavy atom. The number of nitrogens with one attached hydrogen (secondary N) is 3. The fourth-order valence-corrected chi connectivity index (χ4v) is 4.39. The summed E-state index contributed by atoms with van der Waals surface area (Å²) in [6.45, 7) is 2.99. The van der Waals surface area contributed by atoms with Gasteiger partial charge in [-0.15, -0.1) is 0 Å². The minimum absolute atomic E-state index is 0.158. The number of rotatable bonds is 6. The molecule has 1 heterocycles. The molecule has 0 bridgehead atoms. The average molecular weight is 448 g/mol. The summed E-state index contributed by atoms with van der Waals surface area (Å²) in [4.78, 5) is 39.4. The monoisotopic (exact) mass is 447 g/mol. The zero-order chi connectivity index (χ0) is 23.6. The zero-order valence-corrected chi connectivity index (χ0v) is 18.9. The Balaban J connectivity index is 1.32. The number of hydrogen-bond donors (Lipinski definition) is 4. The van der Waals surface area contributed by atoms with Crippen molar-refractivity contribution in [2.24, 2.45) is 5.92 Å². The molecule has 1 saturated carbocycles. The standard InChI is InChI=1S/C26H29N3O4/c1-26(2,25(32)33)29-23(30)18-9-7-16(8-10-18)17-11-13-20(14-12-17)27-24(31)22-15-19-5-3-4-6-21(19)28-22/h3-6,11-16,18,28H,7-10H2,1-2H3,(H,27,31)(H,29,30)(H,32,33)/t16-,18-. The summed E-state index contributed by atoms with van der Waals surface area (Å²) in [5, 5.41) is 15.8. The third kappa shape index (κ3) is 5.08. The van der Waals surface area contributed by atoms with E-state index >= 15 is 0 Å². The van der Waals surface area contributed by atoms with Gasteiger partial charge in [-0.2, -0.15) is 0 Å². The number of carbonyl (C=O) groups excluding carboxylic acids is 2. The van der Waals surface area contributed by atoms with Gasteiger partial charge in [0.25, 0.3) is 5.91 Å². The molecule has 7 nitrogen and oxygen atoms in total. The first-order valence-corrected chi connectivity index (χ1v) is 11.3. The van der Waals surface area contributed by atoms with Crippen LogP contribution in [-0.4, -0.2) is 33.4 Å². The Bertz CT molecular complexity index is 1140. The first kappa shape index (κ1) is 22.6. The van der Waals surface area contributed by atoms with Crippen molar-refractivity contribution in [3.8, 4) is 0 Å². The third-order valence-corrected chi connectivity index (χ3v) is 6.48. The second-order valence-corrected chi connectivity index (χ2v) is 9.31. The summed E-state index contributed by atoms with van der Waals surface area (Å²) in [7, 11) is 0. The summed E-state index contributed by atoms with van der Waals surface area (Å²) in [5.41, 5.74) is 2.09. The molecule has 33 heavy (non-hydrogen) atoms. The van der Waals surface area contributed by atoms with E-state index in [9.17, 15) is 19.5 Å². The van der Waals surface area contributed by atoms with E-state index in [4.69, 9.17) is 0 Å². The molecule has 0 aliphatic heterocycles. The van der Waals surface area contributed by atoms with E-state index in [1.165, 1.54) is 19.4 Å². The average Bonchev–Trinajstić information content (AvgIpc) is 3.24. The fraction of sp³-hybridized carbons (Fsp3) is 0.346. The van der Waals surface area contributed by atoms with Crippen molar-refractivity contribution >= 4 is 34.4 Å². The highest BCUT2D eigenvalue weighted by Crippen LogP contribution is 2.36. The summed E-state index contributed by atoms with van der Waals surface area (Å²) in [5.74, 6) is -1.22. The molecule has 0 radical (unpaired) electrons. The van der Waals surface area contributed by atoms with Gasteiger partial charge in [-0.25, -0.2) is 4.79 Å². The van der Waals surface area contributed by atoms with Crippen LogP contribution >= 0.6 is 0 Å². The number of aliphatic carboxylic acids is 1. The molecule has 4 N–H and O–H groups in total. The lowest BCUT2D eigenvalue weighted by atomic mass is 9.78. The van der Waals surface area contributed by atoms with E-state index in [2.05, 4.69) is 15.6 Å². The maximum absolute atomic E-state index is 12.6. The highest BCUT2D eigenvalue weighted by atomic mass is 16.4. The summed E-state index contributed by atoms with van der Waals surface area (Å²) < 4.78 is 0. The van der Waals surface area contributed by atoms with Crippen LogP contribution in [0.25, 0.3) is 10.9 Å². The number of anilines is 1.